The van der Waals surface area contributed by atoms with Gasteiger partial charge in [0, 0.05) is 11.3 Å². The van der Waals surface area contributed by atoms with Gasteiger partial charge in [0.1, 0.15) is 0 Å². The lowest BCUT2D eigenvalue weighted by molar-refractivity contribution is 0.0966. The molecule has 1 amide bonds. The Balaban J connectivity index is 3.06. The van der Waals surface area contributed by atoms with Gasteiger partial charge in [0.25, 0.3) is 5.91 Å². The highest BCUT2D eigenvalue weighted by Crippen LogP contribution is 2.28. The van der Waals surface area contributed by atoms with Gasteiger partial charge >= 0.3 is 0 Å². The van der Waals surface area contributed by atoms with Gasteiger partial charge in [0.2, 0.25) is 0 Å². The average Bonchev–Trinajstić information content (AvgIpc) is 2.12. The van der Waals surface area contributed by atoms with Crippen LogP contribution in [0, 0.1) is 0 Å². The minimum absolute atomic E-state index is 0.259. The van der Waals surface area contributed by atoms with E-state index in [1.54, 1.807) is 6.92 Å². The predicted molar refractivity (Wildman–Crippen MR) is 63.2 cm³/mol. The van der Waals surface area contributed by atoms with Gasteiger partial charge in [-0.1, -0.05) is 29.8 Å². The molecular weight excluding hydrogens is 235 g/mol. The van der Waals surface area contributed by atoms with Crippen molar-refractivity contribution in [3.8, 4) is 0 Å². The second kappa shape index (κ2) is 4.55. The van der Waals surface area contributed by atoms with Crippen LogP contribution in [-0.2, 0) is 0 Å². The number of carbonyl (C=O) groups is 1. The molecule has 1 aromatic rings. The molecule has 80 valence electrons. The second-order valence-electron chi connectivity index (χ2n) is 3.09. The monoisotopic (exact) mass is 244 g/mol. The Morgan fingerprint density at radius 2 is 1.87 bits per heavy atom. The maximum atomic E-state index is 11.5. The molecule has 0 heterocycles. The number of anilines is 1. The molecule has 1 aromatic carbocycles. The fourth-order valence-corrected chi connectivity index (χ4v) is 1.47. The van der Waals surface area contributed by atoms with Crippen molar-refractivity contribution in [3.05, 3.63) is 40.0 Å². The molecule has 15 heavy (non-hydrogen) atoms. The predicted octanol–water partition coefficient (Wildman–Crippen LogP) is 2.84. The summed E-state index contributed by atoms with van der Waals surface area (Å²) in [5.41, 5.74) is 6.70. The summed E-state index contributed by atoms with van der Waals surface area (Å²) in [5.74, 6) is -0.314. The third-order valence-corrected chi connectivity index (χ3v) is 2.29. The molecule has 0 aliphatic rings. The zero-order valence-electron chi connectivity index (χ0n) is 8.10. The van der Waals surface area contributed by atoms with E-state index in [0.717, 1.165) is 0 Å². The SMILES string of the molecule is C=C(C)NC(=O)c1cc(Cl)c(N)c(Cl)c1. The Labute approximate surface area is 97.9 Å². The minimum atomic E-state index is -0.314. The summed E-state index contributed by atoms with van der Waals surface area (Å²) in [6, 6.07) is 2.92. The van der Waals surface area contributed by atoms with Gasteiger partial charge in [-0.2, -0.15) is 0 Å². The summed E-state index contributed by atoms with van der Waals surface area (Å²) in [4.78, 5) is 11.5. The number of hydrogen-bond acceptors (Lipinski definition) is 2. The smallest absolute Gasteiger partial charge is 0.255 e. The molecule has 0 atom stereocenters. The summed E-state index contributed by atoms with van der Waals surface area (Å²) in [6.45, 7) is 5.24. The molecule has 0 unspecified atom stereocenters. The quantitative estimate of drug-likeness (QED) is 0.787. The van der Waals surface area contributed by atoms with Crippen LogP contribution in [0.1, 0.15) is 17.3 Å². The Kier molecular flexibility index (Phi) is 3.61. The van der Waals surface area contributed by atoms with E-state index in [-0.39, 0.29) is 21.6 Å². The van der Waals surface area contributed by atoms with Crippen molar-refractivity contribution in [2.45, 2.75) is 6.92 Å². The Bertz CT molecular complexity index is 406. The number of allylic oxidation sites excluding steroid dienone is 1. The highest BCUT2D eigenvalue weighted by Gasteiger charge is 2.10. The molecule has 3 nitrogen and oxygen atoms in total. The Morgan fingerprint density at radius 3 is 2.27 bits per heavy atom. The van der Waals surface area contributed by atoms with Crippen LogP contribution in [-0.4, -0.2) is 5.91 Å². The van der Waals surface area contributed by atoms with Crippen molar-refractivity contribution < 1.29 is 4.79 Å². The molecule has 1 rings (SSSR count). The van der Waals surface area contributed by atoms with Gasteiger partial charge in [-0.25, -0.2) is 0 Å². The van der Waals surface area contributed by atoms with Crippen molar-refractivity contribution in [1.82, 2.24) is 5.32 Å². The number of nitrogens with one attached hydrogen (secondary N) is 1. The zero-order chi connectivity index (χ0) is 11.6. The van der Waals surface area contributed by atoms with Gasteiger partial charge in [-0.15, -0.1) is 0 Å². The van der Waals surface area contributed by atoms with Gasteiger partial charge in [0.05, 0.1) is 15.7 Å². The number of halogens is 2. The zero-order valence-corrected chi connectivity index (χ0v) is 9.62. The molecule has 0 aliphatic heterocycles. The van der Waals surface area contributed by atoms with E-state index >= 15 is 0 Å². The molecule has 0 fully saturated rings. The molecule has 0 radical (unpaired) electrons. The van der Waals surface area contributed by atoms with Crippen molar-refractivity contribution in [1.29, 1.82) is 0 Å². The maximum Gasteiger partial charge on any atom is 0.255 e. The van der Waals surface area contributed by atoms with E-state index < -0.39 is 0 Å². The van der Waals surface area contributed by atoms with E-state index in [9.17, 15) is 4.79 Å². The first-order valence-electron chi connectivity index (χ1n) is 4.13. The Morgan fingerprint density at radius 1 is 1.40 bits per heavy atom. The first-order chi connectivity index (χ1) is 6.91. The number of rotatable bonds is 2. The lowest BCUT2D eigenvalue weighted by Crippen LogP contribution is -2.20. The second-order valence-corrected chi connectivity index (χ2v) is 3.90. The first-order valence-corrected chi connectivity index (χ1v) is 4.88. The molecule has 0 bridgehead atoms. The summed E-state index contributed by atoms with van der Waals surface area (Å²) < 4.78 is 0. The van der Waals surface area contributed by atoms with Crippen LogP contribution in [0.3, 0.4) is 0 Å². The molecule has 0 saturated heterocycles. The van der Waals surface area contributed by atoms with Crippen molar-refractivity contribution in [3.63, 3.8) is 0 Å². The highest BCUT2D eigenvalue weighted by atomic mass is 35.5. The van der Waals surface area contributed by atoms with Crippen LogP contribution < -0.4 is 11.1 Å². The standard InChI is InChI=1S/C10H10Cl2N2O/c1-5(2)14-10(15)6-3-7(11)9(13)8(12)4-6/h3-4H,1,13H2,2H3,(H,14,15). The molecule has 5 heteroatoms. The van der Waals surface area contributed by atoms with Crippen molar-refractivity contribution in [2.24, 2.45) is 0 Å². The maximum absolute atomic E-state index is 11.5. The third-order valence-electron chi connectivity index (χ3n) is 1.67. The van der Waals surface area contributed by atoms with Crippen LogP contribution in [0.25, 0.3) is 0 Å². The van der Waals surface area contributed by atoms with E-state index in [1.807, 2.05) is 0 Å². The van der Waals surface area contributed by atoms with Crippen molar-refractivity contribution in [2.75, 3.05) is 5.73 Å². The van der Waals surface area contributed by atoms with Crippen molar-refractivity contribution >= 4 is 34.8 Å². The number of amides is 1. The van der Waals surface area contributed by atoms with Gasteiger partial charge in [-0.05, 0) is 19.1 Å². The van der Waals surface area contributed by atoms with Gasteiger partial charge < -0.3 is 11.1 Å². The number of nitrogens with two attached hydrogens (primary N) is 1. The van der Waals surface area contributed by atoms with Crippen LogP contribution >= 0.6 is 23.2 Å². The first kappa shape index (κ1) is 11.9. The molecule has 0 saturated carbocycles. The largest absolute Gasteiger partial charge is 0.396 e. The van der Waals surface area contributed by atoms with E-state index in [0.29, 0.717) is 11.3 Å². The number of hydrogen-bond donors (Lipinski definition) is 2. The third kappa shape index (κ3) is 2.88. The summed E-state index contributed by atoms with van der Waals surface area (Å²) in [7, 11) is 0. The fraction of sp³-hybridized carbons (Fsp3) is 0.100. The average molecular weight is 245 g/mol. The topological polar surface area (TPSA) is 55.1 Å². The van der Waals surface area contributed by atoms with Gasteiger partial charge in [-0.3, -0.25) is 4.79 Å². The molecule has 0 aliphatic carbocycles. The summed E-state index contributed by atoms with van der Waals surface area (Å²) in [6.07, 6.45) is 0. The Hall–Kier alpha value is -1.19. The number of benzene rings is 1. The van der Waals surface area contributed by atoms with Crippen LogP contribution in [0.4, 0.5) is 5.69 Å². The van der Waals surface area contributed by atoms with Crippen LogP contribution in [0.2, 0.25) is 10.0 Å². The van der Waals surface area contributed by atoms with Gasteiger partial charge in [0.15, 0.2) is 0 Å². The molecular formula is C10H10Cl2N2O. The normalized spacial score (nSPS) is 9.80. The fourth-order valence-electron chi connectivity index (χ4n) is 0.981. The van der Waals surface area contributed by atoms with E-state index in [4.69, 9.17) is 28.9 Å². The minimum Gasteiger partial charge on any atom is -0.396 e. The van der Waals surface area contributed by atoms with E-state index in [1.165, 1.54) is 12.1 Å². The lowest BCUT2D eigenvalue weighted by Gasteiger charge is -2.07. The molecule has 0 spiro atoms. The highest BCUT2D eigenvalue weighted by molar-refractivity contribution is 6.39. The number of nitrogen functional groups attached to an aromatic ring is 1. The molecule has 0 aromatic heterocycles. The van der Waals surface area contributed by atoms with Crippen LogP contribution in [0.5, 0.6) is 0 Å². The van der Waals surface area contributed by atoms with Crippen LogP contribution in [0.15, 0.2) is 24.4 Å². The lowest BCUT2D eigenvalue weighted by atomic mass is 10.2. The summed E-state index contributed by atoms with van der Waals surface area (Å²) >= 11 is 11.6. The summed E-state index contributed by atoms with van der Waals surface area (Å²) in [5, 5.41) is 3.06. The van der Waals surface area contributed by atoms with E-state index in [2.05, 4.69) is 11.9 Å². The molecule has 3 N–H and O–H groups in total. The number of carbonyl (C=O) groups excluding carboxylic acids is 1.